The summed E-state index contributed by atoms with van der Waals surface area (Å²) < 4.78 is 5.49. The Bertz CT molecular complexity index is 963. The minimum Gasteiger partial charge on any atom is -0.444 e. The number of likely N-dealkylation sites (tertiary alicyclic amines) is 2. The molecule has 0 spiro atoms. The average molecular weight is 565 g/mol. The number of rotatable bonds is 10. The van der Waals surface area contributed by atoms with Crippen molar-refractivity contribution in [2.24, 2.45) is 0 Å². The molecular weight excluding hydrogens is 508 g/mol. The molecular formula is C35H56N4O2. The SMILES string of the molecule is C=C.CC(C)(C)OC(=O)N1CCC[C@H]1CNCCc1ccccc1.CN(CCc1ccccc1)C[C@@H]1CCCN1C. The average Bonchev–Trinajstić information content (AvgIpc) is 3.60. The Morgan fingerprint density at radius 3 is 2.05 bits per heavy atom. The van der Waals surface area contributed by atoms with E-state index in [-0.39, 0.29) is 12.1 Å². The highest BCUT2D eigenvalue weighted by Crippen LogP contribution is 2.20. The summed E-state index contributed by atoms with van der Waals surface area (Å²) >= 11 is 0. The van der Waals surface area contributed by atoms with Crippen molar-refractivity contribution in [1.29, 1.82) is 0 Å². The molecule has 0 saturated carbocycles. The van der Waals surface area contributed by atoms with E-state index in [1.807, 2.05) is 31.7 Å². The highest BCUT2D eigenvalue weighted by molar-refractivity contribution is 5.69. The first kappa shape index (κ1) is 34.5. The Hall–Kier alpha value is -2.67. The van der Waals surface area contributed by atoms with Gasteiger partial charge in [0, 0.05) is 38.3 Å². The van der Waals surface area contributed by atoms with E-state index in [2.05, 4.69) is 97.0 Å². The van der Waals surface area contributed by atoms with Gasteiger partial charge >= 0.3 is 6.09 Å². The van der Waals surface area contributed by atoms with Crippen LogP contribution in [0, 0.1) is 0 Å². The van der Waals surface area contributed by atoms with Crippen LogP contribution in [0.1, 0.15) is 57.6 Å². The summed E-state index contributed by atoms with van der Waals surface area (Å²) in [4.78, 5) is 19.0. The van der Waals surface area contributed by atoms with Crippen LogP contribution in [0.25, 0.3) is 0 Å². The molecule has 2 aliphatic rings. The summed E-state index contributed by atoms with van der Waals surface area (Å²) in [6.45, 7) is 18.0. The van der Waals surface area contributed by atoms with Crippen LogP contribution in [0.4, 0.5) is 4.79 Å². The van der Waals surface area contributed by atoms with Gasteiger partial charge in [0.15, 0.2) is 0 Å². The van der Waals surface area contributed by atoms with Gasteiger partial charge in [0.2, 0.25) is 0 Å². The third kappa shape index (κ3) is 13.7. The Kier molecular flexibility index (Phi) is 15.7. The Morgan fingerprint density at radius 1 is 0.927 bits per heavy atom. The summed E-state index contributed by atoms with van der Waals surface area (Å²) in [7, 11) is 4.50. The minimum absolute atomic E-state index is 0.181. The van der Waals surface area contributed by atoms with Crippen molar-refractivity contribution in [3.63, 3.8) is 0 Å². The lowest BCUT2D eigenvalue weighted by Crippen LogP contribution is -2.44. The number of benzene rings is 2. The van der Waals surface area contributed by atoms with E-state index in [1.54, 1.807) is 0 Å². The fraction of sp³-hybridized carbons (Fsp3) is 0.571. The van der Waals surface area contributed by atoms with Crippen LogP contribution in [0.5, 0.6) is 0 Å². The normalized spacial score (nSPS) is 18.8. The first-order chi connectivity index (χ1) is 19.7. The first-order valence-corrected chi connectivity index (χ1v) is 15.4. The Labute approximate surface area is 250 Å². The highest BCUT2D eigenvalue weighted by Gasteiger charge is 2.31. The summed E-state index contributed by atoms with van der Waals surface area (Å²) in [5.41, 5.74) is 2.36. The zero-order valence-electron chi connectivity index (χ0n) is 26.5. The standard InChI is InChI=1S/C18H28N2O2.C15H24N2.C2H4/c1-18(2,3)22-17(21)20-13-7-10-16(20)14-19-12-11-15-8-5-4-6-9-15;1-16(13-15-9-6-11-17(15)2)12-10-14-7-4-3-5-8-14;1-2/h4-6,8-9,16,19H,7,10-14H2,1-3H3;3-5,7-8,15H,6,9-13H2,1-2H3;1-2H2/t16-;15-;/m00./s1. The van der Waals surface area contributed by atoms with Gasteiger partial charge < -0.3 is 24.8 Å². The van der Waals surface area contributed by atoms with Gasteiger partial charge in [-0.1, -0.05) is 60.7 Å². The van der Waals surface area contributed by atoms with Gasteiger partial charge in [-0.3, -0.25) is 0 Å². The fourth-order valence-electron chi connectivity index (χ4n) is 5.38. The van der Waals surface area contributed by atoms with Crippen molar-refractivity contribution in [1.82, 2.24) is 20.0 Å². The van der Waals surface area contributed by atoms with Crippen LogP contribution in [-0.2, 0) is 17.6 Å². The van der Waals surface area contributed by atoms with Crippen molar-refractivity contribution in [2.75, 3.05) is 53.4 Å². The molecule has 228 valence electrons. The van der Waals surface area contributed by atoms with E-state index < -0.39 is 5.60 Å². The third-order valence-electron chi connectivity index (χ3n) is 7.64. The number of nitrogens with one attached hydrogen (secondary N) is 1. The van der Waals surface area contributed by atoms with Crippen LogP contribution in [-0.4, -0.2) is 91.8 Å². The molecule has 2 atom stereocenters. The van der Waals surface area contributed by atoms with E-state index in [1.165, 1.54) is 37.1 Å². The molecule has 41 heavy (non-hydrogen) atoms. The molecule has 1 amide bonds. The van der Waals surface area contributed by atoms with Crippen molar-refractivity contribution in [2.45, 2.75) is 77.0 Å². The molecule has 2 aliphatic heterocycles. The quantitative estimate of drug-likeness (QED) is 0.272. The number of carbonyl (C=O) groups excluding carboxylic acids is 1. The summed E-state index contributed by atoms with van der Waals surface area (Å²) in [5, 5.41) is 3.47. The Balaban J connectivity index is 0.000000278. The molecule has 2 fully saturated rings. The van der Waals surface area contributed by atoms with Gasteiger partial charge in [0.1, 0.15) is 5.60 Å². The lowest BCUT2D eigenvalue weighted by molar-refractivity contribution is 0.0227. The van der Waals surface area contributed by atoms with Crippen LogP contribution in [0.3, 0.4) is 0 Å². The number of hydrogen-bond donors (Lipinski definition) is 1. The topological polar surface area (TPSA) is 48.1 Å². The monoisotopic (exact) mass is 564 g/mol. The molecule has 2 saturated heterocycles. The van der Waals surface area contributed by atoms with Crippen LogP contribution >= 0.6 is 0 Å². The molecule has 0 aromatic heterocycles. The molecule has 2 aromatic rings. The van der Waals surface area contributed by atoms with Crippen molar-refractivity contribution < 1.29 is 9.53 Å². The van der Waals surface area contributed by atoms with E-state index in [9.17, 15) is 4.79 Å². The molecule has 2 heterocycles. The van der Waals surface area contributed by atoms with E-state index >= 15 is 0 Å². The molecule has 0 unspecified atom stereocenters. The number of likely N-dealkylation sites (N-methyl/N-ethyl adjacent to an activating group) is 2. The van der Waals surface area contributed by atoms with E-state index in [4.69, 9.17) is 4.74 Å². The Morgan fingerprint density at radius 2 is 1.49 bits per heavy atom. The number of carbonyl (C=O) groups is 1. The van der Waals surface area contributed by atoms with Crippen LogP contribution < -0.4 is 5.32 Å². The second kappa shape index (κ2) is 18.7. The molecule has 0 radical (unpaired) electrons. The number of nitrogens with zero attached hydrogens (tertiary/aromatic N) is 3. The zero-order chi connectivity index (χ0) is 30.1. The zero-order valence-corrected chi connectivity index (χ0v) is 26.5. The van der Waals surface area contributed by atoms with Gasteiger partial charge in [-0.15, -0.1) is 13.2 Å². The first-order valence-electron chi connectivity index (χ1n) is 15.4. The van der Waals surface area contributed by atoms with Crippen LogP contribution in [0.15, 0.2) is 73.8 Å². The molecule has 2 aromatic carbocycles. The van der Waals surface area contributed by atoms with E-state index in [0.29, 0.717) is 0 Å². The largest absolute Gasteiger partial charge is 0.444 e. The summed E-state index contributed by atoms with van der Waals surface area (Å²) in [6, 6.07) is 22.3. The number of amides is 1. The second-order valence-electron chi connectivity index (χ2n) is 12.2. The van der Waals surface area contributed by atoms with Gasteiger partial charge in [-0.2, -0.15) is 0 Å². The maximum Gasteiger partial charge on any atom is 0.410 e. The van der Waals surface area contributed by atoms with Gasteiger partial charge in [-0.05, 0) is 97.6 Å². The maximum absolute atomic E-state index is 12.2. The van der Waals surface area contributed by atoms with Crippen molar-refractivity contribution in [3.05, 3.63) is 84.9 Å². The minimum atomic E-state index is -0.426. The maximum atomic E-state index is 12.2. The van der Waals surface area contributed by atoms with Gasteiger partial charge in [-0.25, -0.2) is 4.79 Å². The smallest absolute Gasteiger partial charge is 0.410 e. The lowest BCUT2D eigenvalue weighted by Gasteiger charge is -2.28. The van der Waals surface area contributed by atoms with Crippen molar-refractivity contribution in [3.8, 4) is 0 Å². The highest BCUT2D eigenvalue weighted by atomic mass is 16.6. The fourth-order valence-corrected chi connectivity index (χ4v) is 5.38. The van der Waals surface area contributed by atoms with Gasteiger partial charge in [0.05, 0.1) is 0 Å². The van der Waals surface area contributed by atoms with Crippen molar-refractivity contribution >= 4 is 6.09 Å². The lowest BCUT2D eigenvalue weighted by atomic mass is 10.1. The van der Waals surface area contributed by atoms with Gasteiger partial charge in [0.25, 0.3) is 0 Å². The molecule has 0 aliphatic carbocycles. The molecule has 0 bridgehead atoms. The number of hydrogen-bond acceptors (Lipinski definition) is 5. The van der Waals surface area contributed by atoms with E-state index in [0.717, 1.165) is 57.9 Å². The number of ether oxygens (including phenoxy) is 1. The van der Waals surface area contributed by atoms with Crippen LogP contribution in [0.2, 0.25) is 0 Å². The summed E-state index contributed by atoms with van der Waals surface area (Å²) in [6.07, 6.45) is 6.84. The molecule has 6 nitrogen and oxygen atoms in total. The molecule has 1 N–H and O–H groups in total. The molecule has 4 rings (SSSR count). The summed E-state index contributed by atoms with van der Waals surface area (Å²) in [5.74, 6) is 0. The third-order valence-corrected chi connectivity index (χ3v) is 7.64. The predicted octanol–water partition coefficient (Wildman–Crippen LogP) is 6.28. The predicted molar refractivity (Wildman–Crippen MR) is 174 cm³/mol. The molecule has 6 heteroatoms. The second-order valence-corrected chi connectivity index (χ2v) is 12.2.